The van der Waals surface area contributed by atoms with Crippen LogP contribution in [-0.2, 0) is 11.3 Å². The van der Waals surface area contributed by atoms with E-state index in [2.05, 4.69) is 19.1 Å². The zero-order chi connectivity index (χ0) is 15.2. The summed E-state index contributed by atoms with van der Waals surface area (Å²) in [6, 6.07) is 17.7. The normalized spacial score (nSPS) is 12.0. The molecule has 2 rings (SSSR count). The molecule has 2 nitrogen and oxygen atoms in total. The summed E-state index contributed by atoms with van der Waals surface area (Å²) < 4.78 is 0. The summed E-state index contributed by atoms with van der Waals surface area (Å²) in [6.45, 7) is 2.70. The first-order chi connectivity index (χ1) is 10.1. The van der Waals surface area contributed by atoms with E-state index in [0.29, 0.717) is 18.0 Å². The molecule has 0 aliphatic heterocycles. The minimum atomic E-state index is 0.154. The van der Waals surface area contributed by atoms with Crippen molar-refractivity contribution in [2.45, 2.75) is 25.8 Å². The number of halogens is 1. The first-order valence-electron chi connectivity index (χ1n) is 7.09. The Morgan fingerprint density at radius 1 is 1.10 bits per heavy atom. The van der Waals surface area contributed by atoms with Crippen LogP contribution in [-0.4, -0.2) is 17.9 Å². The van der Waals surface area contributed by atoms with Gasteiger partial charge in [0.1, 0.15) is 0 Å². The van der Waals surface area contributed by atoms with Crippen LogP contribution in [0.25, 0.3) is 0 Å². The van der Waals surface area contributed by atoms with Gasteiger partial charge < -0.3 is 4.90 Å². The first kappa shape index (κ1) is 15.6. The van der Waals surface area contributed by atoms with Gasteiger partial charge in [0, 0.05) is 25.0 Å². The predicted molar refractivity (Wildman–Crippen MR) is 87.4 cm³/mol. The Morgan fingerprint density at radius 2 is 1.71 bits per heavy atom. The van der Waals surface area contributed by atoms with Gasteiger partial charge in [-0.1, -0.05) is 61.0 Å². The monoisotopic (exact) mass is 301 g/mol. The molecule has 2 aromatic carbocycles. The van der Waals surface area contributed by atoms with Crippen molar-refractivity contribution in [3.63, 3.8) is 0 Å². The van der Waals surface area contributed by atoms with Crippen molar-refractivity contribution >= 4 is 17.5 Å². The molecule has 0 radical (unpaired) electrons. The SMILES string of the molecule is CC(CC(=O)N(C)Cc1ccc(Cl)cc1)c1ccccc1. The van der Waals surface area contributed by atoms with Crippen molar-refractivity contribution in [2.75, 3.05) is 7.05 Å². The molecule has 1 unspecified atom stereocenters. The van der Waals surface area contributed by atoms with Crippen LogP contribution in [0.5, 0.6) is 0 Å². The molecule has 0 aliphatic carbocycles. The highest BCUT2D eigenvalue weighted by Gasteiger charge is 2.14. The van der Waals surface area contributed by atoms with Gasteiger partial charge in [-0.05, 0) is 29.2 Å². The highest BCUT2D eigenvalue weighted by atomic mass is 35.5. The number of carbonyl (C=O) groups excluding carboxylic acids is 1. The summed E-state index contributed by atoms with van der Waals surface area (Å²) in [5, 5.41) is 0.713. The molecule has 21 heavy (non-hydrogen) atoms. The molecular weight excluding hydrogens is 282 g/mol. The van der Waals surface area contributed by atoms with Crippen LogP contribution in [0, 0.1) is 0 Å². The Bertz CT molecular complexity index is 580. The number of hydrogen-bond donors (Lipinski definition) is 0. The van der Waals surface area contributed by atoms with Crippen LogP contribution in [0.4, 0.5) is 0 Å². The number of carbonyl (C=O) groups is 1. The maximum absolute atomic E-state index is 12.3. The molecule has 1 atom stereocenters. The summed E-state index contributed by atoms with van der Waals surface area (Å²) in [5.74, 6) is 0.382. The van der Waals surface area contributed by atoms with Gasteiger partial charge in [-0.15, -0.1) is 0 Å². The quantitative estimate of drug-likeness (QED) is 0.796. The van der Waals surface area contributed by atoms with Gasteiger partial charge in [-0.25, -0.2) is 0 Å². The second-order valence-electron chi connectivity index (χ2n) is 5.39. The molecule has 3 heteroatoms. The third-order valence-electron chi connectivity index (χ3n) is 3.61. The second-order valence-corrected chi connectivity index (χ2v) is 5.83. The van der Waals surface area contributed by atoms with Gasteiger partial charge >= 0.3 is 0 Å². The zero-order valence-corrected chi connectivity index (χ0v) is 13.2. The third-order valence-corrected chi connectivity index (χ3v) is 3.86. The van der Waals surface area contributed by atoms with E-state index in [-0.39, 0.29) is 11.8 Å². The smallest absolute Gasteiger partial charge is 0.223 e. The fraction of sp³-hybridized carbons (Fsp3) is 0.278. The van der Waals surface area contributed by atoms with Crippen molar-refractivity contribution in [1.29, 1.82) is 0 Å². The highest BCUT2D eigenvalue weighted by Crippen LogP contribution is 2.20. The van der Waals surface area contributed by atoms with E-state index in [1.165, 1.54) is 5.56 Å². The van der Waals surface area contributed by atoms with Crippen LogP contribution in [0.1, 0.15) is 30.4 Å². The van der Waals surface area contributed by atoms with E-state index in [4.69, 9.17) is 11.6 Å². The van der Waals surface area contributed by atoms with Crippen molar-refractivity contribution in [1.82, 2.24) is 4.90 Å². The van der Waals surface area contributed by atoms with Gasteiger partial charge in [0.15, 0.2) is 0 Å². The lowest BCUT2D eigenvalue weighted by Gasteiger charge is -2.20. The minimum Gasteiger partial charge on any atom is -0.341 e. The Hall–Kier alpha value is -1.80. The average molecular weight is 302 g/mol. The summed E-state index contributed by atoms with van der Waals surface area (Å²) in [7, 11) is 1.84. The Morgan fingerprint density at radius 3 is 2.33 bits per heavy atom. The molecule has 110 valence electrons. The van der Waals surface area contributed by atoms with Crippen LogP contribution < -0.4 is 0 Å². The molecular formula is C18H20ClNO. The van der Waals surface area contributed by atoms with Gasteiger partial charge in [-0.3, -0.25) is 4.79 Å². The molecule has 0 spiro atoms. The van der Waals surface area contributed by atoms with Crippen LogP contribution in [0.15, 0.2) is 54.6 Å². The highest BCUT2D eigenvalue weighted by molar-refractivity contribution is 6.30. The maximum atomic E-state index is 12.3. The van der Waals surface area contributed by atoms with E-state index < -0.39 is 0 Å². The van der Waals surface area contributed by atoms with Gasteiger partial charge in [0.2, 0.25) is 5.91 Å². The van der Waals surface area contributed by atoms with E-state index in [1.54, 1.807) is 4.90 Å². The van der Waals surface area contributed by atoms with Crippen LogP contribution >= 0.6 is 11.6 Å². The Labute approximate surface area is 131 Å². The lowest BCUT2D eigenvalue weighted by atomic mass is 9.97. The van der Waals surface area contributed by atoms with E-state index >= 15 is 0 Å². The number of amides is 1. The predicted octanol–water partition coefficient (Wildman–Crippen LogP) is 4.49. The minimum absolute atomic E-state index is 0.154. The van der Waals surface area contributed by atoms with Gasteiger partial charge in [0.25, 0.3) is 0 Å². The second kappa shape index (κ2) is 7.28. The van der Waals surface area contributed by atoms with Crippen molar-refractivity contribution in [2.24, 2.45) is 0 Å². The number of nitrogens with zero attached hydrogens (tertiary/aromatic N) is 1. The van der Waals surface area contributed by atoms with Crippen molar-refractivity contribution < 1.29 is 4.79 Å². The number of benzene rings is 2. The molecule has 0 fully saturated rings. The lowest BCUT2D eigenvalue weighted by Crippen LogP contribution is -2.27. The number of hydrogen-bond acceptors (Lipinski definition) is 1. The first-order valence-corrected chi connectivity index (χ1v) is 7.47. The zero-order valence-electron chi connectivity index (χ0n) is 12.4. The van der Waals surface area contributed by atoms with Crippen molar-refractivity contribution in [3.05, 3.63) is 70.7 Å². The topological polar surface area (TPSA) is 20.3 Å². The molecule has 2 aromatic rings. The van der Waals surface area contributed by atoms with Gasteiger partial charge in [0.05, 0.1) is 0 Å². The fourth-order valence-electron chi connectivity index (χ4n) is 2.27. The molecule has 0 aromatic heterocycles. The summed E-state index contributed by atoms with van der Waals surface area (Å²) in [5.41, 5.74) is 2.29. The average Bonchev–Trinajstić information content (AvgIpc) is 2.50. The molecule has 0 bridgehead atoms. The van der Waals surface area contributed by atoms with Gasteiger partial charge in [-0.2, -0.15) is 0 Å². The third kappa shape index (κ3) is 4.61. The molecule has 1 amide bonds. The van der Waals surface area contributed by atoms with E-state index in [9.17, 15) is 4.79 Å². The molecule has 0 N–H and O–H groups in total. The van der Waals surface area contributed by atoms with Crippen molar-refractivity contribution in [3.8, 4) is 0 Å². The summed E-state index contributed by atoms with van der Waals surface area (Å²) >= 11 is 5.87. The fourth-order valence-corrected chi connectivity index (χ4v) is 2.40. The van der Waals surface area contributed by atoms with E-state index in [1.807, 2.05) is 49.5 Å². The largest absolute Gasteiger partial charge is 0.341 e. The van der Waals surface area contributed by atoms with Crippen LogP contribution in [0.3, 0.4) is 0 Å². The molecule has 0 aliphatic rings. The summed E-state index contributed by atoms with van der Waals surface area (Å²) in [4.78, 5) is 14.1. The maximum Gasteiger partial charge on any atom is 0.223 e. The lowest BCUT2D eigenvalue weighted by molar-refractivity contribution is -0.130. The van der Waals surface area contributed by atoms with Crippen LogP contribution in [0.2, 0.25) is 5.02 Å². The Balaban J connectivity index is 1.92. The standard InChI is InChI=1S/C18H20ClNO/c1-14(16-6-4-3-5-7-16)12-18(21)20(2)13-15-8-10-17(19)11-9-15/h3-11,14H,12-13H2,1-2H3. The molecule has 0 saturated heterocycles. The summed E-state index contributed by atoms with van der Waals surface area (Å²) in [6.07, 6.45) is 0.522. The number of rotatable bonds is 5. The molecule has 0 heterocycles. The van der Waals surface area contributed by atoms with E-state index in [0.717, 1.165) is 5.56 Å². The Kier molecular flexibility index (Phi) is 5.40. The molecule has 0 saturated carbocycles.